The van der Waals surface area contributed by atoms with Crippen molar-refractivity contribution in [3.63, 3.8) is 0 Å². The van der Waals surface area contributed by atoms with Crippen LogP contribution >= 0.6 is 0 Å². The molecule has 0 radical (unpaired) electrons. The number of allylic oxidation sites excluding steroid dienone is 8. The van der Waals surface area contributed by atoms with Crippen molar-refractivity contribution in [3.05, 3.63) is 42.3 Å². The van der Waals surface area contributed by atoms with E-state index in [1.807, 2.05) is 0 Å². The summed E-state index contributed by atoms with van der Waals surface area (Å²) in [5.74, 6) is 0. The van der Waals surface area contributed by atoms with Crippen molar-refractivity contribution in [1.82, 2.24) is 0 Å². The molecule has 0 unspecified atom stereocenters. The van der Waals surface area contributed by atoms with Crippen LogP contribution in [0.4, 0.5) is 0 Å². The van der Waals surface area contributed by atoms with Crippen molar-refractivity contribution in [3.8, 4) is 0 Å². The summed E-state index contributed by atoms with van der Waals surface area (Å²) in [5, 5.41) is 0. The van der Waals surface area contributed by atoms with E-state index >= 15 is 0 Å². The van der Waals surface area contributed by atoms with Crippen molar-refractivity contribution < 1.29 is 12.4 Å². The average Bonchev–Trinajstić information content (AvgIpc) is 2.63. The molecule has 0 amide bonds. The van der Waals surface area contributed by atoms with E-state index in [2.05, 4.69) is 69.2 Å². The Morgan fingerprint density at radius 3 is 1.00 bits per heavy atom. The van der Waals surface area contributed by atoms with Crippen LogP contribution in [0.1, 0.15) is 69.2 Å². The first-order valence-electron chi connectivity index (χ1n) is 8.08. The fraction of sp³-hybridized carbons (Fsp3) is 0.600. The van der Waals surface area contributed by atoms with Gasteiger partial charge in [-0.3, -0.25) is 0 Å². The van der Waals surface area contributed by atoms with Crippen LogP contribution in [-0.4, -0.2) is 15.2 Å². The van der Waals surface area contributed by atoms with Gasteiger partial charge in [0.15, 0.2) is 0 Å². The number of hydrogen-bond donors (Lipinski definition) is 0. The largest absolute Gasteiger partial charge is 1.00 e. The van der Waals surface area contributed by atoms with Crippen LogP contribution in [-0.2, 0) is 0 Å². The van der Waals surface area contributed by atoms with E-state index in [4.69, 9.17) is 0 Å². The Hall–Kier alpha value is -0.218. The molecule has 2 heteroatoms. The summed E-state index contributed by atoms with van der Waals surface area (Å²) in [4.78, 5) is 0. The zero-order valence-corrected chi connectivity index (χ0v) is 17.9. The van der Waals surface area contributed by atoms with E-state index in [0.717, 1.165) is 0 Å². The van der Waals surface area contributed by atoms with Gasteiger partial charge in [-0.05, 0) is 0 Å². The molecule has 120 valence electrons. The molecule has 2 aliphatic carbocycles. The molecule has 0 saturated heterocycles. The molecule has 0 fully saturated rings. The molecule has 0 nitrogen and oxygen atoms in total. The van der Waals surface area contributed by atoms with Gasteiger partial charge in [-0.15, -0.1) is 0 Å². The first-order valence-corrected chi connectivity index (χ1v) is 9.23. The van der Waals surface area contributed by atoms with Crippen LogP contribution < -0.4 is 12.4 Å². The summed E-state index contributed by atoms with van der Waals surface area (Å²) in [6.45, 7) is 23.6. The minimum atomic E-state index is 0. The Kier molecular flexibility index (Phi) is 5.42. The summed E-state index contributed by atoms with van der Waals surface area (Å²) >= 11 is 0.216. The minimum Gasteiger partial charge on any atom is -1.00 e. The van der Waals surface area contributed by atoms with Gasteiger partial charge < -0.3 is 12.4 Å². The molecule has 0 aromatic heterocycles. The third-order valence-electron chi connectivity index (χ3n) is 6.57. The van der Waals surface area contributed by atoms with E-state index in [-0.39, 0.29) is 38.5 Å². The van der Waals surface area contributed by atoms with Gasteiger partial charge in [0.2, 0.25) is 0 Å². The topological polar surface area (TPSA) is 0 Å². The zero-order chi connectivity index (χ0) is 16.3. The Morgan fingerprint density at radius 1 is 0.545 bits per heavy atom. The van der Waals surface area contributed by atoms with E-state index < -0.39 is 0 Å². The molecule has 0 bridgehead atoms. The third-order valence-corrected chi connectivity index (χ3v) is 9.46. The molecule has 2 aliphatic rings. The van der Waals surface area contributed by atoms with Gasteiger partial charge >= 0.3 is 138 Å². The van der Waals surface area contributed by atoms with Crippen LogP contribution in [0.3, 0.4) is 0 Å². The van der Waals surface area contributed by atoms with Gasteiger partial charge in [-0.1, -0.05) is 0 Å². The van der Waals surface area contributed by atoms with Crippen molar-refractivity contribution in [1.29, 1.82) is 0 Å². The van der Waals surface area contributed by atoms with Gasteiger partial charge in [0.1, 0.15) is 0 Å². The molecule has 0 aromatic rings. The summed E-state index contributed by atoms with van der Waals surface area (Å²) in [5.41, 5.74) is 9.80. The van der Waals surface area contributed by atoms with Crippen LogP contribution in [0, 0.1) is 10.8 Å². The summed E-state index contributed by atoms with van der Waals surface area (Å²) < 4.78 is 3.42. The standard InChI is InChI=1S/2C10H15.Al.ClH/c2*1-7-6-10(4,5)9(3)8(7)2;;/h2*1-5H3;;1H/q;;+1;/p-1. The fourth-order valence-electron chi connectivity index (χ4n) is 3.97. The van der Waals surface area contributed by atoms with Crippen molar-refractivity contribution in [2.75, 3.05) is 0 Å². The smallest absolute Gasteiger partial charge is 1.00 e. The molecule has 0 aliphatic heterocycles. The van der Waals surface area contributed by atoms with Crippen molar-refractivity contribution >= 4 is 15.2 Å². The van der Waals surface area contributed by atoms with Crippen LogP contribution in [0.2, 0.25) is 0 Å². The fourth-order valence-corrected chi connectivity index (χ4v) is 6.28. The molecule has 0 atom stereocenters. The predicted octanol–water partition coefficient (Wildman–Crippen LogP) is 3.00. The summed E-state index contributed by atoms with van der Waals surface area (Å²) in [6.07, 6.45) is 0. The predicted molar refractivity (Wildman–Crippen MR) is 95.5 cm³/mol. The Balaban J connectivity index is 0.00000242. The monoisotopic (exact) mass is 332 g/mol. The Labute approximate surface area is 150 Å². The second kappa shape index (κ2) is 6.01. The van der Waals surface area contributed by atoms with Gasteiger partial charge in [-0.2, -0.15) is 0 Å². The Morgan fingerprint density at radius 2 is 0.818 bits per heavy atom. The van der Waals surface area contributed by atoms with E-state index in [1.54, 1.807) is 31.2 Å². The Bertz CT molecular complexity index is 581. The average molecular weight is 333 g/mol. The van der Waals surface area contributed by atoms with Crippen molar-refractivity contribution in [2.24, 2.45) is 10.8 Å². The molecule has 0 aromatic carbocycles. The van der Waals surface area contributed by atoms with E-state index in [0.29, 0.717) is 0 Å². The number of rotatable bonds is 2. The summed E-state index contributed by atoms with van der Waals surface area (Å²) in [6, 6.07) is 0. The van der Waals surface area contributed by atoms with Gasteiger partial charge in [0.25, 0.3) is 0 Å². The second-order valence-electron chi connectivity index (χ2n) is 7.97. The molecule has 0 spiro atoms. The molecular formula is C20H30AlCl. The maximum absolute atomic E-state index is 2.41. The normalized spacial score (nSPS) is 23.4. The maximum atomic E-state index is 2.41. The van der Waals surface area contributed by atoms with Gasteiger partial charge in [0.05, 0.1) is 0 Å². The van der Waals surface area contributed by atoms with Crippen LogP contribution in [0.5, 0.6) is 0 Å². The first-order chi connectivity index (χ1) is 9.44. The van der Waals surface area contributed by atoms with Crippen LogP contribution in [0.15, 0.2) is 42.3 Å². The van der Waals surface area contributed by atoms with Gasteiger partial charge in [-0.25, -0.2) is 0 Å². The van der Waals surface area contributed by atoms with Crippen molar-refractivity contribution in [2.45, 2.75) is 69.2 Å². The quantitative estimate of drug-likeness (QED) is 0.682. The molecular weight excluding hydrogens is 303 g/mol. The second-order valence-corrected chi connectivity index (χ2v) is 9.42. The molecule has 22 heavy (non-hydrogen) atoms. The number of halogens is 1. The van der Waals surface area contributed by atoms with Gasteiger partial charge in [0, 0.05) is 0 Å². The van der Waals surface area contributed by atoms with Crippen LogP contribution in [0.25, 0.3) is 0 Å². The van der Waals surface area contributed by atoms with E-state index in [1.165, 1.54) is 11.1 Å². The SMILES string of the molecule is CC1=C(C)C(C)(C)[C]([Al+][C]2=C(C)C(C)=C(C)C2(C)C)=C1C.[Cl-]. The van der Waals surface area contributed by atoms with E-state index in [9.17, 15) is 0 Å². The molecule has 0 N–H and O–H groups in total. The first kappa shape index (κ1) is 19.8. The third kappa shape index (κ3) is 2.60. The molecule has 0 saturated carbocycles. The maximum Gasteiger partial charge on any atom is -1.00 e. The number of hydrogen-bond acceptors (Lipinski definition) is 0. The molecule has 2 rings (SSSR count). The zero-order valence-electron chi connectivity index (χ0n) is 16.0. The summed E-state index contributed by atoms with van der Waals surface area (Å²) in [7, 11) is 0. The molecule has 0 heterocycles. The minimum absolute atomic E-state index is 0.